The molecule has 1 N–H and O–H groups in total. The van der Waals surface area contributed by atoms with E-state index in [-0.39, 0.29) is 5.75 Å². The van der Waals surface area contributed by atoms with Gasteiger partial charge in [-0.05, 0) is 19.4 Å². The third kappa shape index (κ3) is 4.61. The first-order chi connectivity index (χ1) is 12.6. The van der Waals surface area contributed by atoms with Gasteiger partial charge in [-0.25, -0.2) is 22.7 Å². The highest BCUT2D eigenvalue weighted by Gasteiger charge is 2.27. The maximum atomic E-state index is 11.9. The van der Waals surface area contributed by atoms with E-state index < -0.39 is 10.0 Å². The van der Waals surface area contributed by atoms with Gasteiger partial charge in [-0.2, -0.15) is 0 Å². The molecule has 2 aliphatic heterocycles. The second-order valence-corrected chi connectivity index (χ2v) is 8.42. The Morgan fingerprint density at radius 1 is 1.19 bits per heavy atom. The molecule has 0 radical (unpaired) electrons. The van der Waals surface area contributed by atoms with E-state index in [0.717, 1.165) is 51.1 Å². The van der Waals surface area contributed by atoms with Crippen LogP contribution in [0.25, 0.3) is 0 Å². The van der Waals surface area contributed by atoms with Gasteiger partial charge in [0.15, 0.2) is 5.96 Å². The van der Waals surface area contributed by atoms with Crippen LogP contribution in [0.15, 0.2) is 23.5 Å². The van der Waals surface area contributed by atoms with Crippen LogP contribution in [0.5, 0.6) is 0 Å². The molecule has 0 aromatic carbocycles. The molecule has 1 aromatic rings. The van der Waals surface area contributed by atoms with Crippen molar-refractivity contribution in [2.75, 3.05) is 63.0 Å². The molecule has 2 aliphatic rings. The fourth-order valence-corrected chi connectivity index (χ4v) is 4.73. The van der Waals surface area contributed by atoms with E-state index in [1.165, 1.54) is 0 Å². The monoisotopic (exact) mass is 381 g/mol. The maximum absolute atomic E-state index is 11.9. The number of nitrogens with zero attached hydrogens (tertiary/aromatic N) is 6. The van der Waals surface area contributed by atoms with Crippen LogP contribution in [-0.2, 0) is 10.0 Å². The van der Waals surface area contributed by atoms with E-state index in [0.29, 0.717) is 19.6 Å². The van der Waals surface area contributed by atoms with E-state index in [2.05, 4.69) is 30.1 Å². The number of anilines is 1. The lowest BCUT2D eigenvalue weighted by Crippen LogP contribution is -2.53. The molecule has 0 atom stereocenters. The Hall–Kier alpha value is -1.94. The third-order valence-electron chi connectivity index (χ3n) is 4.56. The van der Waals surface area contributed by atoms with E-state index in [4.69, 9.17) is 0 Å². The quantitative estimate of drug-likeness (QED) is 0.548. The molecule has 26 heavy (non-hydrogen) atoms. The second-order valence-electron chi connectivity index (χ2n) is 6.33. The molecule has 1 aromatic heterocycles. The van der Waals surface area contributed by atoms with Crippen LogP contribution < -0.4 is 10.2 Å². The maximum Gasteiger partial charge on any atom is 0.225 e. The molecule has 0 unspecified atom stereocenters. The average molecular weight is 382 g/mol. The Balaban J connectivity index is 1.55. The van der Waals surface area contributed by atoms with E-state index in [9.17, 15) is 8.42 Å². The molecule has 0 amide bonds. The van der Waals surface area contributed by atoms with E-state index >= 15 is 0 Å². The van der Waals surface area contributed by atoms with Gasteiger partial charge in [-0.15, -0.1) is 0 Å². The van der Waals surface area contributed by atoms with E-state index in [1.54, 1.807) is 16.7 Å². The molecule has 3 rings (SSSR count). The first kappa shape index (κ1) is 18.8. The lowest BCUT2D eigenvalue weighted by Gasteiger charge is -2.36. The zero-order valence-electron chi connectivity index (χ0n) is 15.2. The lowest BCUT2D eigenvalue weighted by molar-refractivity contribution is 0.369. The van der Waals surface area contributed by atoms with Crippen molar-refractivity contribution < 1.29 is 8.42 Å². The summed E-state index contributed by atoms with van der Waals surface area (Å²) in [6, 6.07) is 1.82. The van der Waals surface area contributed by atoms with Crippen molar-refractivity contribution >= 4 is 21.9 Å². The Morgan fingerprint density at radius 3 is 2.54 bits per heavy atom. The summed E-state index contributed by atoms with van der Waals surface area (Å²) in [4.78, 5) is 17.6. The van der Waals surface area contributed by atoms with Crippen LogP contribution >= 0.6 is 0 Å². The number of guanidine groups is 1. The van der Waals surface area contributed by atoms with Crippen LogP contribution in [0, 0.1) is 0 Å². The largest absolute Gasteiger partial charge is 0.357 e. The topological polar surface area (TPSA) is 94.0 Å². The summed E-state index contributed by atoms with van der Waals surface area (Å²) < 4.78 is 25.3. The summed E-state index contributed by atoms with van der Waals surface area (Å²) in [5.41, 5.74) is 0. The number of aliphatic imine (C=N–C) groups is 1. The normalized spacial score (nSPS) is 21.2. The molecule has 9 nitrogen and oxygen atoms in total. The van der Waals surface area contributed by atoms with Crippen molar-refractivity contribution in [2.24, 2.45) is 4.99 Å². The SMILES string of the molecule is CCNC(=NCCN1CCCS1(=O)=O)N1CCN(c2ncccn2)CC1. The van der Waals surface area contributed by atoms with Gasteiger partial charge in [-0.3, -0.25) is 4.99 Å². The Labute approximate surface area is 155 Å². The minimum Gasteiger partial charge on any atom is -0.357 e. The lowest BCUT2D eigenvalue weighted by atomic mass is 10.3. The third-order valence-corrected chi connectivity index (χ3v) is 6.52. The molecular formula is C16H27N7O2S. The molecular weight excluding hydrogens is 354 g/mol. The van der Waals surface area contributed by atoms with Crippen LogP contribution in [0.3, 0.4) is 0 Å². The van der Waals surface area contributed by atoms with Gasteiger partial charge in [0.1, 0.15) is 0 Å². The van der Waals surface area contributed by atoms with Crippen molar-refractivity contribution in [1.29, 1.82) is 0 Å². The summed E-state index contributed by atoms with van der Waals surface area (Å²) in [5, 5.41) is 3.31. The van der Waals surface area contributed by atoms with Gasteiger partial charge < -0.3 is 15.1 Å². The molecule has 3 heterocycles. The molecule has 10 heteroatoms. The number of nitrogens with one attached hydrogen (secondary N) is 1. The highest BCUT2D eigenvalue weighted by Crippen LogP contribution is 2.13. The van der Waals surface area contributed by atoms with Crippen LogP contribution in [0.1, 0.15) is 13.3 Å². The predicted molar refractivity (Wildman–Crippen MR) is 102 cm³/mol. The zero-order valence-corrected chi connectivity index (χ0v) is 16.0. The molecule has 0 saturated carbocycles. The van der Waals surface area contributed by atoms with Crippen molar-refractivity contribution in [3.05, 3.63) is 18.5 Å². The summed E-state index contributed by atoms with van der Waals surface area (Å²) in [7, 11) is -3.05. The van der Waals surface area contributed by atoms with Crippen LogP contribution in [-0.4, -0.2) is 91.7 Å². The molecule has 0 aliphatic carbocycles. The fraction of sp³-hybridized carbons (Fsp3) is 0.688. The first-order valence-corrected chi connectivity index (χ1v) is 10.7. The van der Waals surface area contributed by atoms with Gasteiger partial charge in [0.05, 0.1) is 12.3 Å². The smallest absolute Gasteiger partial charge is 0.225 e. The minimum absolute atomic E-state index is 0.264. The summed E-state index contributed by atoms with van der Waals surface area (Å²) >= 11 is 0. The zero-order chi connectivity index (χ0) is 18.4. The number of aromatic nitrogens is 2. The number of sulfonamides is 1. The average Bonchev–Trinajstić information content (AvgIpc) is 3.00. The van der Waals surface area contributed by atoms with Crippen molar-refractivity contribution in [3.63, 3.8) is 0 Å². The number of hydrogen-bond acceptors (Lipinski definition) is 6. The number of rotatable bonds is 5. The highest BCUT2D eigenvalue weighted by atomic mass is 32.2. The Bertz CT molecular complexity index is 703. The van der Waals surface area contributed by atoms with Gasteiger partial charge >= 0.3 is 0 Å². The van der Waals surface area contributed by atoms with Gasteiger partial charge in [0.25, 0.3) is 0 Å². The van der Waals surface area contributed by atoms with Gasteiger partial charge in [0, 0.05) is 58.2 Å². The number of hydrogen-bond donors (Lipinski definition) is 1. The summed E-state index contributed by atoms with van der Waals surface area (Å²) in [6.07, 6.45) is 4.23. The molecule has 2 saturated heterocycles. The van der Waals surface area contributed by atoms with Crippen molar-refractivity contribution in [2.45, 2.75) is 13.3 Å². The van der Waals surface area contributed by atoms with Crippen LogP contribution in [0.2, 0.25) is 0 Å². The first-order valence-electron chi connectivity index (χ1n) is 9.13. The Kier molecular flexibility index (Phi) is 6.25. The molecule has 0 bridgehead atoms. The minimum atomic E-state index is -3.05. The molecule has 0 spiro atoms. The summed E-state index contributed by atoms with van der Waals surface area (Å²) in [6.45, 7) is 7.67. The summed E-state index contributed by atoms with van der Waals surface area (Å²) in [5.74, 6) is 1.87. The predicted octanol–water partition coefficient (Wildman–Crippen LogP) is -0.400. The number of piperazine rings is 1. The van der Waals surface area contributed by atoms with Gasteiger partial charge in [0.2, 0.25) is 16.0 Å². The van der Waals surface area contributed by atoms with Crippen molar-refractivity contribution in [3.8, 4) is 0 Å². The standard InChI is InChI=1S/C16H27N7O2S/c1-2-17-15(20-7-9-23-8-4-14-26(23,24)25)21-10-12-22(13-11-21)16-18-5-3-6-19-16/h3,5-6H,2,4,7-14H2,1H3,(H,17,20). The highest BCUT2D eigenvalue weighted by molar-refractivity contribution is 7.89. The molecule has 2 fully saturated rings. The van der Waals surface area contributed by atoms with Crippen LogP contribution in [0.4, 0.5) is 5.95 Å². The second kappa shape index (κ2) is 8.63. The van der Waals surface area contributed by atoms with E-state index in [1.807, 2.05) is 13.0 Å². The molecule has 144 valence electrons. The fourth-order valence-electron chi connectivity index (χ4n) is 3.21. The van der Waals surface area contributed by atoms with Gasteiger partial charge in [-0.1, -0.05) is 0 Å². The Morgan fingerprint density at radius 2 is 1.92 bits per heavy atom. The van der Waals surface area contributed by atoms with Crippen molar-refractivity contribution in [1.82, 2.24) is 24.5 Å².